The van der Waals surface area contributed by atoms with Crippen molar-refractivity contribution in [2.24, 2.45) is 5.92 Å². The molecule has 1 aliphatic heterocycles. The van der Waals surface area contributed by atoms with E-state index in [0.717, 1.165) is 12.8 Å². The molecule has 1 aromatic carbocycles. The Balaban J connectivity index is 1.74. The Morgan fingerprint density at radius 2 is 2.06 bits per heavy atom. The van der Waals surface area contributed by atoms with Crippen molar-refractivity contribution >= 4 is 0 Å². The summed E-state index contributed by atoms with van der Waals surface area (Å²) in [6.45, 7) is 1.28. The highest BCUT2D eigenvalue weighted by atomic mass is 19.1. The number of aliphatic hydroxyl groups excluding tert-OH is 1. The van der Waals surface area contributed by atoms with E-state index in [0.29, 0.717) is 24.9 Å². The van der Waals surface area contributed by atoms with Crippen LogP contribution >= 0.6 is 0 Å². The van der Waals surface area contributed by atoms with Crippen molar-refractivity contribution in [2.75, 3.05) is 19.8 Å². The third-order valence-electron chi connectivity index (χ3n) is 2.97. The Kier molecular flexibility index (Phi) is 4.34. The second-order valence-electron chi connectivity index (χ2n) is 4.35. The smallest absolute Gasteiger partial charge is 0.123 e. The van der Waals surface area contributed by atoms with Crippen LogP contribution in [0, 0.1) is 11.7 Å². The van der Waals surface area contributed by atoms with Crippen molar-refractivity contribution in [3.05, 3.63) is 30.1 Å². The fourth-order valence-electron chi connectivity index (χ4n) is 1.88. The maximum absolute atomic E-state index is 12.7. The van der Waals surface area contributed by atoms with E-state index < -0.39 is 0 Å². The first kappa shape index (κ1) is 12.3. The van der Waals surface area contributed by atoms with Gasteiger partial charge in [0.1, 0.15) is 11.6 Å². The molecular formula is C13H17FO3. The lowest BCUT2D eigenvalue weighted by molar-refractivity contribution is -0.0508. The minimum Gasteiger partial charge on any atom is -0.493 e. The van der Waals surface area contributed by atoms with Crippen LogP contribution in [0.15, 0.2) is 24.3 Å². The topological polar surface area (TPSA) is 38.7 Å². The molecule has 2 rings (SSSR count). The van der Waals surface area contributed by atoms with E-state index in [-0.39, 0.29) is 18.5 Å². The van der Waals surface area contributed by atoms with E-state index in [9.17, 15) is 4.39 Å². The van der Waals surface area contributed by atoms with Crippen molar-refractivity contribution in [2.45, 2.75) is 18.9 Å². The Hall–Kier alpha value is -1.13. The molecule has 4 heteroatoms. The van der Waals surface area contributed by atoms with Crippen LogP contribution in [0.5, 0.6) is 5.75 Å². The molecular weight excluding hydrogens is 223 g/mol. The highest BCUT2D eigenvalue weighted by Gasteiger charge is 2.21. The molecule has 1 fully saturated rings. The highest BCUT2D eigenvalue weighted by molar-refractivity contribution is 5.22. The summed E-state index contributed by atoms with van der Waals surface area (Å²) in [6, 6.07) is 6.01. The maximum atomic E-state index is 12.7. The average Bonchev–Trinajstić information content (AvgIpc) is 2.39. The number of benzene rings is 1. The van der Waals surface area contributed by atoms with Gasteiger partial charge in [-0.25, -0.2) is 4.39 Å². The molecule has 2 atom stereocenters. The van der Waals surface area contributed by atoms with Gasteiger partial charge < -0.3 is 14.6 Å². The third-order valence-corrected chi connectivity index (χ3v) is 2.97. The largest absolute Gasteiger partial charge is 0.493 e. The quantitative estimate of drug-likeness (QED) is 0.874. The van der Waals surface area contributed by atoms with Gasteiger partial charge in [0, 0.05) is 5.92 Å². The number of hydrogen-bond donors (Lipinski definition) is 1. The van der Waals surface area contributed by atoms with Gasteiger partial charge in [-0.1, -0.05) is 0 Å². The number of rotatable bonds is 4. The molecule has 3 nitrogen and oxygen atoms in total. The highest BCUT2D eigenvalue weighted by Crippen LogP contribution is 2.20. The fraction of sp³-hybridized carbons (Fsp3) is 0.538. The average molecular weight is 240 g/mol. The van der Waals surface area contributed by atoms with Crippen molar-refractivity contribution in [3.8, 4) is 5.75 Å². The van der Waals surface area contributed by atoms with E-state index in [2.05, 4.69) is 0 Å². The summed E-state index contributed by atoms with van der Waals surface area (Å²) in [7, 11) is 0. The van der Waals surface area contributed by atoms with E-state index in [1.165, 1.54) is 12.1 Å². The molecule has 0 saturated carbocycles. The summed E-state index contributed by atoms with van der Waals surface area (Å²) in [4.78, 5) is 0. The molecule has 1 N–H and O–H groups in total. The fourth-order valence-corrected chi connectivity index (χ4v) is 1.88. The van der Waals surface area contributed by atoms with Gasteiger partial charge in [0.15, 0.2) is 0 Å². The molecule has 1 heterocycles. The Morgan fingerprint density at radius 3 is 2.65 bits per heavy atom. The predicted molar refractivity (Wildman–Crippen MR) is 61.4 cm³/mol. The standard InChI is InChI=1S/C13H17FO3/c14-11-2-5-12(6-3-11)16-8-10-1-4-13(7-15)17-9-10/h2-3,5-6,10,13,15H,1,4,7-9H2/t10?,13-/m0/s1. The van der Waals surface area contributed by atoms with Gasteiger partial charge in [0.05, 0.1) is 25.9 Å². The molecule has 17 heavy (non-hydrogen) atoms. The molecule has 94 valence electrons. The molecule has 1 unspecified atom stereocenters. The zero-order chi connectivity index (χ0) is 12.1. The molecule has 1 saturated heterocycles. The van der Waals surface area contributed by atoms with Crippen LogP contribution in [0.2, 0.25) is 0 Å². The van der Waals surface area contributed by atoms with Crippen LogP contribution in [-0.2, 0) is 4.74 Å². The van der Waals surface area contributed by atoms with Crippen LogP contribution < -0.4 is 4.74 Å². The third kappa shape index (κ3) is 3.68. The van der Waals surface area contributed by atoms with Gasteiger partial charge in [0.2, 0.25) is 0 Å². The monoisotopic (exact) mass is 240 g/mol. The maximum Gasteiger partial charge on any atom is 0.123 e. The van der Waals surface area contributed by atoms with Gasteiger partial charge >= 0.3 is 0 Å². The zero-order valence-electron chi connectivity index (χ0n) is 9.64. The molecule has 0 bridgehead atoms. The lowest BCUT2D eigenvalue weighted by atomic mass is 9.99. The van der Waals surface area contributed by atoms with E-state index in [1.807, 2.05) is 0 Å². The molecule has 0 spiro atoms. The summed E-state index contributed by atoms with van der Waals surface area (Å²) in [5.41, 5.74) is 0. The number of hydrogen-bond acceptors (Lipinski definition) is 3. The Labute approximate surface area is 100 Å². The molecule has 0 aromatic heterocycles. The normalized spacial score (nSPS) is 24.6. The van der Waals surface area contributed by atoms with E-state index in [1.54, 1.807) is 12.1 Å². The van der Waals surface area contributed by atoms with Gasteiger partial charge in [-0.05, 0) is 37.1 Å². The van der Waals surface area contributed by atoms with Crippen LogP contribution in [0.25, 0.3) is 0 Å². The summed E-state index contributed by atoms with van der Waals surface area (Å²) in [5.74, 6) is 0.766. The molecule has 1 aliphatic rings. The molecule has 0 amide bonds. The van der Waals surface area contributed by atoms with Gasteiger partial charge in [0.25, 0.3) is 0 Å². The van der Waals surface area contributed by atoms with Crippen molar-refractivity contribution in [1.29, 1.82) is 0 Å². The lowest BCUT2D eigenvalue weighted by Crippen LogP contribution is -2.31. The molecule has 0 radical (unpaired) electrons. The van der Waals surface area contributed by atoms with Crippen molar-refractivity contribution < 1.29 is 19.0 Å². The summed E-state index contributed by atoms with van der Waals surface area (Å²) in [5, 5.41) is 8.92. The minimum absolute atomic E-state index is 0.0166. The summed E-state index contributed by atoms with van der Waals surface area (Å²) >= 11 is 0. The number of halogens is 1. The van der Waals surface area contributed by atoms with E-state index in [4.69, 9.17) is 14.6 Å². The Morgan fingerprint density at radius 1 is 1.29 bits per heavy atom. The van der Waals surface area contributed by atoms with Crippen molar-refractivity contribution in [1.82, 2.24) is 0 Å². The van der Waals surface area contributed by atoms with Crippen LogP contribution in [0.3, 0.4) is 0 Å². The minimum atomic E-state index is -0.260. The lowest BCUT2D eigenvalue weighted by Gasteiger charge is -2.27. The first-order chi connectivity index (χ1) is 8.28. The van der Waals surface area contributed by atoms with Gasteiger partial charge in [-0.15, -0.1) is 0 Å². The van der Waals surface area contributed by atoms with Gasteiger partial charge in [-0.2, -0.15) is 0 Å². The number of aliphatic hydroxyl groups is 1. The first-order valence-corrected chi connectivity index (χ1v) is 5.88. The number of ether oxygens (including phenoxy) is 2. The van der Waals surface area contributed by atoms with Crippen LogP contribution in [0.1, 0.15) is 12.8 Å². The summed E-state index contributed by atoms with van der Waals surface area (Å²) < 4.78 is 23.7. The second-order valence-corrected chi connectivity index (χ2v) is 4.35. The van der Waals surface area contributed by atoms with Crippen LogP contribution in [0.4, 0.5) is 4.39 Å². The first-order valence-electron chi connectivity index (χ1n) is 5.88. The van der Waals surface area contributed by atoms with E-state index >= 15 is 0 Å². The van der Waals surface area contributed by atoms with Gasteiger partial charge in [-0.3, -0.25) is 0 Å². The Bertz CT molecular complexity index is 331. The molecule has 1 aromatic rings. The molecule has 0 aliphatic carbocycles. The predicted octanol–water partition coefficient (Wildman–Crippen LogP) is 1.99. The van der Waals surface area contributed by atoms with Crippen LogP contribution in [-0.4, -0.2) is 31.0 Å². The second kappa shape index (κ2) is 5.98. The SMILES string of the molecule is OC[C@@H]1CCC(COc2ccc(F)cc2)CO1. The summed E-state index contributed by atoms with van der Waals surface area (Å²) in [6.07, 6.45) is 1.84. The zero-order valence-corrected chi connectivity index (χ0v) is 9.64. The van der Waals surface area contributed by atoms with Crippen molar-refractivity contribution in [3.63, 3.8) is 0 Å².